The molecule has 0 rings (SSSR count). The SMILES string of the molecule is CC(C)OC(=O)C(O)(C(=O)C(C)(C)C)C(O)(C(=O)OC(C)C)C(=O)C(C)(C)C. The van der Waals surface area contributed by atoms with E-state index in [1.165, 1.54) is 69.2 Å². The van der Waals surface area contributed by atoms with E-state index < -0.39 is 57.7 Å². The van der Waals surface area contributed by atoms with Gasteiger partial charge in [-0.25, -0.2) is 9.59 Å². The second-order valence-corrected chi connectivity index (χ2v) is 9.49. The van der Waals surface area contributed by atoms with E-state index in [0.717, 1.165) is 0 Å². The summed E-state index contributed by atoms with van der Waals surface area (Å²) in [5.74, 6) is -5.68. The van der Waals surface area contributed by atoms with Gasteiger partial charge in [-0.05, 0) is 27.7 Å². The summed E-state index contributed by atoms with van der Waals surface area (Å²) in [5, 5.41) is 22.5. The Morgan fingerprint density at radius 3 is 0.964 bits per heavy atom. The normalized spacial score (nSPS) is 16.9. The summed E-state index contributed by atoms with van der Waals surface area (Å²) in [4.78, 5) is 51.9. The second-order valence-electron chi connectivity index (χ2n) is 9.49. The van der Waals surface area contributed by atoms with Gasteiger partial charge in [-0.2, -0.15) is 0 Å². The predicted molar refractivity (Wildman–Crippen MR) is 101 cm³/mol. The average molecular weight is 402 g/mol. The lowest BCUT2D eigenvalue weighted by atomic mass is 9.65. The fourth-order valence-corrected chi connectivity index (χ4v) is 2.49. The van der Waals surface area contributed by atoms with Crippen molar-refractivity contribution in [3.05, 3.63) is 0 Å². The lowest BCUT2D eigenvalue weighted by Gasteiger charge is -2.42. The molecule has 28 heavy (non-hydrogen) atoms. The summed E-state index contributed by atoms with van der Waals surface area (Å²) in [6.45, 7) is 14.1. The standard InChI is InChI=1S/C20H34O8/c1-11(2)27-15(23)19(25,13(21)17(5,6)7)20(26,14(22)18(8,9)10)16(24)28-12(3)4/h11-12,25-26H,1-10H3. The number of carbonyl (C=O) groups is 4. The molecule has 2 N–H and O–H groups in total. The van der Waals surface area contributed by atoms with E-state index in [-0.39, 0.29) is 0 Å². The number of hydrogen-bond donors (Lipinski definition) is 2. The lowest BCUT2D eigenvalue weighted by Crippen LogP contribution is -2.75. The number of rotatable bonds is 7. The Labute approximate surface area is 166 Å². The molecular formula is C20H34O8. The van der Waals surface area contributed by atoms with E-state index in [1.807, 2.05) is 0 Å². The molecule has 0 aliphatic carbocycles. The highest BCUT2D eigenvalue weighted by Gasteiger charge is 2.73. The van der Waals surface area contributed by atoms with Gasteiger partial charge in [0.05, 0.1) is 12.2 Å². The van der Waals surface area contributed by atoms with Gasteiger partial charge < -0.3 is 19.7 Å². The number of carbonyl (C=O) groups excluding carboxylic acids is 4. The Morgan fingerprint density at radius 2 is 0.821 bits per heavy atom. The van der Waals surface area contributed by atoms with Gasteiger partial charge in [0.25, 0.3) is 11.2 Å². The van der Waals surface area contributed by atoms with Crippen LogP contribution in [0.4, 0.5) is 0 Å². The van der Waals surface area contributed by atoms with E-state index in [4.69, 9.17) is 9.47 Å². The molecule has 0 radical (unpaired) electrons. The molecule has 0 fully saturated rings. The van der Waals surface area contributed by atoms with Crippen molar-refractivity contribution >= 4 is 23.5 Å². The summed E-state index contributed by atoms with van der Waals surface area (Å²) in [6, 6.07) is 0. The smallest absolute Gasteiger partial charge is 0.350 e. The van der Waals surface area contributed by atoms with Gasteiger partial charge in [-0.1, -0.05) is 41.5 Å². The number of hydrogen-bond acceptors (Lipinski definition) is 8. The van der Waals surface area contributed by atoms with Gasteiger partial charge in [0, 0.05) is 10.8 Å². The molecule has 0 aromatic carbocycles. The van der Waals surface area contributed by atoms with Crippen LogP contribution in [0.1, 0.15) is 69.2 Å². The first-order valence-corrected chi connectivity index (χ1v) is 9.20. The fourth-order valence-electron chi connectivity index (χ4n) is 2.49. The van der Waals surface area contributed by atoms with Crippen molar-refractivity contribution in [2.75, 3.05) is 0 Å². The molecule has 0 aliphatic rings. The molecule has 0 heterocycles. The van der Waals surface area contributed by atoms with Crippen LogP contribution in [-0.4, -0.2) is 57.1 Å². The highest BCUT2D eigenvalue weighted by atomic mass is 16.6. The number of Topliss-reactive ketones (excluding diaryl/α,β-unsaturated/α-hetero) is 2. The maximum Gasteiger partial charge on any atom is 0.350 e. The van der Waals surface area contributed by atoms with Crippen molar-refractivity contribution in [2.24, 2.45) is 10.8 Å². The third-order valence-electron chi connectivity index (χ3n) is 3.82. The minimum absolute atomic E-state index is 0.790. The molecule has 2 atom stereocenters. The molecular weight excluding hydrogens is 368 g/mol. The zero-order chi connectivity index (χ0) is 22.9. The summed E-state index contributed by atoms with van der Waals surface area (Å²) in [5.41, 5.74) is -9.80. The van der Waals surface area contributed by atoms with E-state index in [0.29, 0.717) is 0 Å². The second kappa shape index (κ2) is 8.29. The van der Waals surface area contributed by atoms with E-state index in [1.54, 1.807) is 0 Å². The van der Waals surface area contributed by atoms with Gasteiger partial charge in [0.15, 0.2) is 11.6 Å². The van der Waals surface area contributed by atoms with E-state index in [9.17, 15) is 29.4 Å². The highest BCUT2D eigenvalue weighted by Crippen LogP contribution is 2.39. The zero-order valence-electron chi connectivity index (χ0n) is 18.5. The molecule has 2 unspecified atom stereocenters. The Bertz CT molecular complexity index is 580. The molecule has 0 aliphatic heterocycles. The van der Waals surface area contributed by atoms with Crippen molar-refractivity contribution in [3.8, 4) is 0 Å². The molecule has 0 saturated heterocycles. The maximum absolute atomic E-state index is 13.1. The molecule has 8 heteroatoms. The van der Waals surface area contributed by atoms with E-state index >= 15 is 0 Å². The van der Waals surface area contributed by atoms with Crippen LogP contribution < -0.4 is 0 Å². The van der Waals surface area contributed by atoms with Crippen LogP contribution in [0.5, 0.6) is 0 Å². The number of aliphatic hydroxyl groups is 2. The summed E-state index contributed by atoms with van der Waals surface area (Å²) >= 11 is 0. The average Bonchev–Trinajstić information content (AvgIpc) is 2.48. The molecule has 0 amide bonds. The van der Waals surface area contributed by atoms with Crippen LogP contribution in [0.15, 0.2) is 0 Å². The van der Waals surface area contributed by atoms with Crippen molar-refractivity contribution in [1.82, 2.24) is 0 Å². The van der Waals surface area contributed by atoms with Crippen LogP contribution in [-0.2, 0) is 28.7 Å². The number of ether oxygens (including phenoxy) is 2. The summed E-state index contributed by atoms with van der Waals surface area (Å²) in [6.07, 6.45) is -1.58. The minimum Gasteiger partial charge on any atom is -0.460 e. The van der Waals surface area contributed by atoms with Gasteiger partial charge in [-0.3, -0.25) is 9.59 Å². The van der Waals surface area contributed by atoms with Crippen LogP contribution in [0.2, 0.25) is 0 Å². The Morgan fingerprint density at radius 1 is 0.607 bits per heavy atom. The third kappa shape index (κ3) is 4.97. The van der Waals surface area contributed by atoms with Crippen LogP contribution in [0, 0.1) is 10.8 Å². The minimum atomic E-state index is -3.49. The molecule has 0 spiro atoms. The van der Waals surface area contributed by atoms with Crippen molar-refractivity contribution < 1.29 is 38.9 Å². The molecule has 8 nitrogen and oxygen atoms in total. The molecule has 0 aromatic heterocycles. The van der Waals surface area contributed by atoms with Crippen molar-refractivity contribution in [1.29, 1.82) is 0 Å². The van der Waals surface area contributed by atoms with Crippen molar-refractivity contribution in [3.63, 3.8) is 0 Å². The highest BCUT2D eigenvalue weighted by molar-refractivity contribution is 6.24. The predicted octanol–water partition coefficient (Wildman–Crippen LogP) is 1.58. The zero-order valence-corrected chi connectivity index (χ0v) is 18.5. The first-order chi connectivity index (χ1) is 12.2. The quantitative estimate of drug-likeness (QED) is 0.485. The first kappa shape index (κ1) is 26.2. The van der Waals surface area contributed by atoms with Gasteiger partial charge in [-0.15, -0.1) is 0 Å². The Balaban J connectivity index is 7.04. The third-order valence-corrected chi connectivity index (χ3v) is 3.82. The monoisotopic (exact) mass is 402 g/mol. The number of esters is 2. The Hall–Kier alpha value is -1.80. The van der Waals surface area contributed by atoms with Crippen LogP contribution >= 0.6 is 0 Å². The topological polar surface area (TPSA) is 127 Å². The molecule has 0 aromatic rings. The molecule has 0 saturated carbocycles. The lowest BCUT2D eigenvalue weighted by molar-refractivity contribution is -0.220. The van der Waals surface area contributed by atoms with Crippen LogP contribution in [0.3, 0.4) is 0 Å². The van der Waals surface area contributed by atoms with Gasteiger partial charge in [0.2, 0.25) is 0 Å². The van der Waals surface area contributed by atoms with Crippen molar-refractivity contribution in [2.45, 2.75) is 92.6 Å². The summed E-state index contributed by atoms with van der Waals surface area (Å²) in [7, 11) is 0. The first-order valence-electron chi connectivity index (χ1n) is 9.20. The largest absolute Gasteiger partial charge is 0.460 e. The summed E-state index contributed by atoms with van der Waals surface area (Å²) < 4.78 is 9.93. The van der Waals surface area contributed by atoms with Crippen LogP contribution in [0.25, 0.3) is 0 Å². The fraction of sp³-hybridized carbons (Fsp3) is 0.800. The maximum atomic E-state index is 13.1. The number of ketones is 2. The molecule has 0 bridgehead atoms. The van der Waals surface area contributed by atoms with Gasteiger partial charge >= 0.3 is 11.9 Å². The molecule has 162 valence electrons. The Kier molecular flexibility index (Phi) is 7.75. The van der Waals surface area contributed by atoms with Gasteiger partial charge in [0.1, 0.15) is 0 Å². The van der Waals surface area contributed by atoms with E-state index in [2.05, 4.69) is 0 Å².